The second-order valence-electron chi connectivity index (χ2n) is 6.22. The van der Waals surface area contributed by atoms with E-state index in [0.29, 0.717) is 13.1 Å². The lowest BCUT2D eigenvalue weighted by Gasteiger charge is -2.20. The Morgan fingerprint density at radius 1 is 1.38 bits per heavy atom. The zero-order valence-electron chi connectivity index (χ0n) is 14.1. The van der Waals surface area contributed by atoms with Crippen LogP contribution in [0.2, 0.25) is 0 Å². The molecule has 0 spiro atoms. The maximum atomic E-state index is 12.4. The lowest BCUT2D eigenvalue weighted by molar-refractivity contribution is -0.126. The number of aryl methyl sites for hydroxylation is 2. The highest BCUT2D eigenvalue weighted by Gasteiger charge is 2.35. The van der Waals surface area contributed by atoms with Crippen molar-refractivity contribution in [3.05, 3.63) is 45.4 Å². The van der Waals surface area contributed by atoms with Gasteiger partial charge in [-0.15, -0.1) is 11.3 Å². The third kappa shape index (κ3) is 3.33. The Morgan fingerprint density at radius 3 is 2.88 bits per heavy atom. The molecule has 0 bridgehead atoms. The SMILES string of the molecule is Cc1csc(CNC(=O)[C@@H]2CC(=O)N(c3cccc(C)c3C)C2)n1. The van der Waals surface area contributed by atoms with Crippen LogP contribution in [-0.4, -0.2) is 23.3 Å². The predicted octanol–water partition coefficient (Wildman–Crippen LogP) is 2.74. The van der Waals surface area contributed by atoms with Gasteiger partial charge >= 0.3 is 0 Å². The van der Waals surface area contributed by atoms with E-state index in [1.54, 1.807) is 4.90 Å². The number of thiazole rings is 1. The van der Waals surface area contributed by atoms with Crippen LogP contribution in [0.5, 0.6) is 0 Å². The molecule has 1 aliphatic heterocycles. The van der Waals surface area contributed by atoms with Crippen molar-refractivity contribution in [2.45, 2.75) is 33.7 Å². The van der Waals surface area contributed by atoms with Crippen molar-refractivity contribution in [1.29, 1.82) is 0 Å². The van der Waals surface area contributed by atoms with E-state index in [1.807, 2.05) is 44.4 Å². The Kier molecular flexibility index (Phi) is 4.66. The zero-order valence-corrected chi connectivity index (χ0v) is 14.9. The van der Waals surface area contributed by atoms with E-state index < -0.39 is 0 Å². The summed E-state index contributed by atoms with van der Waals surface area (Å²) in [6.45, 7) is 6.83. The molecule has 0 radical (unpaired) electrons. The number of carbonyl (C=O) groups is 2. The van der Waals surface area contributed by atoms with E-state index >= 15 is 0 Å². The van der Waals surface area contributed by atoms with Crippen molar-refractivity contribution in [2.24, 2.45) is 5.92 Å². The van der Waals surface area contributed by atoms with Crippen LogP contribution in [0.15, 0.2) is 23.6 Å². The first kappa shape index (κ1) is 16.6. The Hall–Kier alpha value is -2.21. The summed E-state index contributed by atoms with van der Waals surface area (Å²) < 4.78 is 0. The molecule has 2 aromatic rings. The van der Waals surface area contributed by atoms with Crippen LogP contribution in [0, 0.1) is 26.7 Å². The normalized spacial score (nSPS) is 17.4. The minimum Gasteiger partial charge on any atom is -0.349 e. The van der Waals surface area contributed by atoms with E-state index in [0.717, 1.165) is 27.5 Å². The first-order valence-corrected chi connectivity index (χ1v) is 8.89. The Balaban J connectivity index is 1.65. The molecule has 0 saturated carbocycles. The fourth-order valence-corrected chi connectivity index (χ4v) is 3.65. The average Bonchev–Trinajstić information content (AvgIpc) is 3.14. The molecule has 1 saturated heterocycles. The summed E-state index contributed by atoms with van der Waals surface area (Å²) >= 11 is 1.53. The summed E-state index contributed by atoms with van der Waals surface area (Å²) in [4.78, 5) is 30.8. The molecule has 1 fully saturated rings. The molecule has 1 aromatic carbocycles. The van der Waals surface area contributed by atoms with Gasteiger partial charge in [-0.2, -0.15) is 0 Å². The van der Waals surface area contributed by atoms with Gasteiger partial charge < -0.3 is 10.2 Å². The quantitative estimate of drug-likeness (QED) is 0.928. The molecule has 1 aromatic heterocycles. The minimum atomic E-state index is -0.307. The molecule has 0 unspecified atom stereocenters. The van der Waals surface area contributed by atoms with Crippen LogP contribution < -0.4 is 10.2 Å². The monoisotopic (exact) mass is 343 g/mol. The first-order chi connectivity index (χ1) is 11.5. The highest BCUT2D eigenvalue weighted by molar-refractivity contribution is 7.09. The predicted molar refractivity (Wildman–Crippen MR) is 95.1 cm³/mol. The largest absolute Gasteiger partial charge is 0.349 e. The number of hydrogen-bond donors (Lipinski definition) is 1. The molecule has 1 aliphatic rings. The van der Waals surface area contributed by atoms with Gasteiger partial charge in [0, 0.05) is 29.7 Å². The fourth-order valence-electron chi connectivity index (χ4n) is 2.94. The lowest BCUT2D eigenvalue weighted by atomic mass is 10.1. The third-order valence-electron chi connectivity index (χ3n) is 4.44. The number of hydrogen-bond acceptors (Lipinski definition) is 4. The standard InChI is InChI=1S/C18H21N3O2S/c1-11-5-4-6-15(13(11)3)21-9-14(7-17(21)22)18(23)19-8-16-20-12(2)10-24-16/h4-6,10,14H,7-9H2,1-3H3,(H,19,23)/t14-/m1/s1. The smallest absolute Gasteiger partial charge is 0.227 e. The second-order valence-corrected chi connectivity index (χ2v) is 7.17. The van der Waals surface area contributed by atoms with Gasteiger partial charge in [0.2, 0.25) is 11.8 Å². The second kappa shape index (κ2) is 6.73. The average molecular weight is 343 g/mol. The van der Waals surface area contributed by atoms with E-state index in [4.69, 9.17) is 0 Å². The van der Waals surface area contributed by atoms with Gasteiger partial charge in [0.1, 0.15) is 5.01 Å². The molecule has 126 valence electrons. The number of nitrogens with one attached hydrogen (secondary N) is 1. The van der Waals surface area contributed by atoms with Gasteiger partial charge in [0.05, 0.1) is 12.5 Å². The van der Waals surface area contributed by atoms with Crippen LogP contribution >= 0.6 is 11.3 Å². The third-order valence-corrected chi connectivity index (χ3v) is 5.41. The van der Waals surface area contributed by atoms with Crippen LogP contribution in [0.3, 0.4) is 0 Å². The topological polar surface area (TPSA) is 62.3 Å². The molecule has 3 rings (SSSR count). The summed E-state index contributed by atoms with van der Waals surface area (Å²) in [5, 5.41) is 5.75. The molecule has 0 aliphatic carbocycles. The van der Waals surface area contributed by atoms with Crippen LogP contribution in [-0.2, 0) is 16.1 Å². The summed E-state index contributed by atoms with van der Waals surface area (Å²) in [5.74, 6) is -0.378. The molecule has 2 heterocycles. The first-order valence-electron chi connectivity index (χ1n) is 8.01. The van der Waals surface area contributed by atoms with Crippen LogP contribution in [0.1, 0.15) is 28.2 Å². The van der Waals surface area contributed by atoms with E-state index in [9.17, 15) is 9.59 Å². The number of amides is 2. The highest BCUT2D eigenvalue weighted by atomic mass is 32.1. The summed E-state index contributed by atoms with van der Waals surface area (Å²) in [7, 11) is 0. The Labute approximate surface area is 145 Å². The molecule has 5 nitrogen and oxygen atoms in total. The van der Waals surface area contributed by atoms with Gasteiger partial charge in [-0.25, -0.2) is 4.98 Å². The molecule has 2 amide bonds. The Bertz CT molecular complexity index is 784. The molecule has 1 atom stereocenters. The fraction of sp³-hybridized carbons (Fsp3) is 0.389. The summed E-state index contributed by atoms with van der Waals surface area (Å²) in [6, 6.07) is 5.92. The minimum absolute atomic E-state index is 0.00828. The molecular formula is C18H21N3O2S. The van der Waals surface area contributed by atoms with Gasteiger partial charge in [0.15, 0.2) is 0 Å². The van der Waals surface area contributed by atoms with Crippen LogP contribution in [0.25, 0.3) is 0 Å². The molecular weight excluding hydrogens is 322 g/mol. The number of aromatic nitrogens is 1. The molecule has 1 N–H and O–H groups in total. The molecule has 24 heavy (non-hydrogen) atoms. The van der Waals surface area contributed by atoms with Crippen molar-refractivity contribution in [3.8, 4) is 0 Å². The zero-order chi connectivity index (χ0) is 17.3. The maximum Gasteiger partial charge on any atom is 0.227 e. The highest BCUT2D eigenvalue weighted by Crippen LogP contribution is 2.29. The maximum absolute atomic E-state index is 12.4. The van der Waals surface area contributed by atoms with Gasteiger partial charge in [-0.1, -0.05) is 12.1 Å². The van der Waals surface area contributed by atoms with Gasteiger partial charge in [0.25, 0.3) is 0 Å². The number of rotatable bonds is 4. The van der Waals surface area contributed by atoms with Crippen molar-refractivity contribution in [3.63, 3.8) is 0 Å². The van der Waals surface area contributed by atoms with Crippen molar-refractivity contribution < 1.29 is 9.59 Å². The van der Waals surface area contributed by atoms with Crippen LogP contribution in [0.4, 0.5) is 5.69 Å². The van der Waals surface area contributed by atoms with Crippen molar-refractivity contribution >= 4 is 28.8 Å². The molecule has 6 heteroatoms. The summed E-state index contributed by atoms with van der Waals surface area (Å²) in [6.07, 6.45) is 0.260. The van der Waals surface area contributed by atoms with E-state index in [-0.39, 0.29) is 24.2 Å². The van der Waals surface area contributed by atoms with Gasteiger partial charge in [-0.05, 0) is 38.0 Å². The lowest BCUT2D eigenvalue weighted by Crippen LogP contribution is -2.32. The Morgan fingerprint density at radius 2 is 2.17 bits per heavy atom. The van der Waals surface area contributed by atoms with Gasteiger partial charge in [-0.3, -0.25) is 9.59 Å². The number of benzene rings is 1. The number of anilines is 1. The van der Waals surface area contributed by atoms with E-state index in [1.165, 1.54) is 11.3 Å². The number of carbonyl (C=O) groups excluding carboxylic acids is 2. The number of nitrogens with zero attached hydrogens (tertiary/aromatic N) is 2. The summed E-state index contributed by atoms with van der Waals surface area (Å²) in [5.41, 5.74) is 4.10. The van der Waals surface area contributed by atoms with Crippen molar-refractivity contribution in [1.82, 2.24) is 10.3 Å². The van der Waals surface area contributed by atoms with E-state index in [2.05, 4.69) is 10.3 Å². The van der Waals surface area contributed by atoms with Crippen molar-refractivity contribution in [2.75, 3.05) is 11.4 Å².